The first-order chi connectivity index (χ1) is 13.6. The van der Waals surface area contributed by atoms with Crippen LogP contribution in [0.25, 0.3) is 5.88 Å². The lowest BCUT2D eigenvalue weighted by molar-refractivity contribution is 0.0949. The predicted molar refractivity (Wildman–Crippen MR) is 101 cm³/mol. The number of ether oxygens (including phenoxy) is 2. The molecule has 28 heavy (non-hydrogen) atoms. The van der Waals surface area contributed by atoms with Gasteiger partial charge in [-0.25, -0.2) is 0 Å². The summed E-state index contributed by atoms with van der Waals surface area (Å²) >= 11 is 6.23. The van der Waals surface area contributed by atoms with E-state index in [2.05, 4.69) is 11.4 Å². The Bertz CT molecular complexity index is 1080. The van der Waals surface area contributed by atoms with Gasteiger partial charge in [0.2, 0.25) is 5.88 Å². The molecule has 0 unspecified atom stereocenters. The molecule has 1 amide bonds. The minimum atomic E-state index is -0.401. The average Bonchev–Trinajstić information content (AvgIpc) is 3.33. The number of rotatable bonds is 4. The number of aromatic nitrogens is 1. The maximum Gasteiger partial charge on any atom is 0.256 e. The Morgan fingerprint density at radius 3 is 2.79 bits per heavy atom. The van der Waals surface area contributed by atoms with E-state index in [-0.39, 0.29) is 17.7 Å². The van der Waals surface area contributed by atoms with E-state index < -0.39 is 5.91 Å². The van der Waals surface area contributed by atoms with Crippen molar-refractivity contribution in [2.75, 3.05) is 13.2 Å². The van der Waals surface area contributed by atoms with Gasteiger partial charge in [0.1, 0.15) is 36.2 Å². The molecular weight excluding hydrogens is 382 g/mol. The summed E-state index contributed by atoms with van der Waals surface area (Å²) < 4.78 is 18.4. The summed E-state index contributed by atoms with van der Waals surface area (Å²) in [5, 5.41) is 12.8. The van der Waals surface area contributed by atoms with Crippen LogP contribution >= 0.6 is 11.6 Å². The van der Waals surface area contributed by atoms with E-state index in [1.165, 1.54) is 0 Å². The Labute approximate surface area is 166 Å². The van der Waals surface area contributed by atoms with Crippen molar-refractivity contribution in [3.05, 3.63) is 64.1 Å². The topological polar surface area (TPSA) is 89.4 Å². The number of carbonyl (C=O) groups excluding carboxylic acids is 1. The third kappa shape index (κ3) is 3.19. The molecule has 142 valence electrons. The number of amides is 1. The molecule has 0 spiro atoms. The number of nitrogens with zero attached hydrogens (tertiary/aromatic N) is 2. The molecule has 0 saturated heterocycles. The van der Waals surface area contributed by atoms with Crippen molar-refractivity contribution >= 4 is 17.5 Å². The summed E-state index contributed by atoms with van der Waals surface area (Å²) in [6.07, 6.45) is 3.50. The Morgan fingerprint density at radius 2 is 2.04 bits per heavy atom. The minimum absolute atomic E-state index is 0.186. The molecule has 1 aliphatic rings. The number of carbonyl (C=O) groups is 1. The number of hydrogen-bond acceptors (Lipinski definition) is 5. The van der Waals surface area contributed by atoms with Crippen molar-refractivity contribution < 1.29 is 18.7 Å². The van der Waals surface area contributed by atoms with Gasteiger partial charge in [0.15, 0.2) is 11.5 Å². The first kappa shape index (κ1) is 18.0. The molecule has 8 heteroatoms. The van der Waals surface area contributed by atoms with Crippen LogP contribution in [0.2, 0.25) is 5.02 Å². The molecule has 3 aromatic rings. The molecule has 3 heterocycles. The van der Waals surface area contributed by atoms with Gasteiger partial charge in [0.05, 0.1) is 5.02 Å². The van der Waals surface area contributed by atoms with E-state index >= 15 is 0 Å². The molecule has 4 rings (SSSR count). The number of nitriles is 1. The largest absolute Gasteiger partial charge is 0.486 e. The van der Waals surface area contributed by atoms with Crippen LogP contribution in [0.3, 0.4) is 0 Å². The fraction of sp³-hybridized carbons (Fsp3) is 0.200. The lowest BCUT2D eigenvalue weighted by Crippen LogP contribution is -2.24. The zero-order valence-corrected chi connectivity index (χ0v) is 15.7. The Kier molecular flexibility index (Phi) is 4.72. The second-order valence-electron chi connectivity index (χ2n) is 6.20. The van der Waals surface area contributed by atoms with Gasteiger partial charge in [-0.1, -0.05) is 11.6 Å². The predicted octanol–water partition coefficient (Wildman–Crippen LogP) is 3.61. The molecular formula is C20H16ClN3O4. The van der Waals surface area contributed by atoms with Gasteiger partial charge in [-0.05, 0) is 36.8 Å². The van der Waals surface area contributed by atoms with Crippen molar-refractivity contribution in [3.63, 3.8) is 0 Å². The molecule has 0 atom stereocenters. The van der Waals surface area contributed by atoms with E-state index in [1.807, 2.05) is 12.1 Å². The Morgan fingerprint density at radius 1 is 1.29 bits per heavy atom. The van der Waals surface area contributed by atoms with Crippen LogP contribution < -0.4 is 14.8 Å². The van der Waals surface area contributed by atoms with Crippen LogP contribution in [-0.2, 0) is 6.54 Å². The van der Waals surface area contributed by atoms with Crippen molar-refractivity contribution in [2.24, 2.45) is 0 Å². The Balaban J connectivity index is 1.57. The quantitative estimate of drug-likeness (QED) is 0.726. The molecule has 0 bridgehead atoms. The molecule has 0 fully saturated rings. The lowest BCUT2D eigenvalue weighted by Gasteiger charge is -2.20. The summed E-state index contributed by atoms with van der Waals surface area (Å²) in [7, 11) is 0. The molecule has 7 nitrogen and oxygen atoms in total. The van der Waals surface area contributed by atoms with Gasteiger partial charge in [0, 0.05) is 18.9 Å². The summed E-state index contributed by atoms with van der Waals surface area (Å²) in [6.45, 7) is 2.76. The molecule has 1 aromatic carbocycles. The zero-order chi connectivity index (χ0) is 19.7. The summed E-state index contributed by atoms with van der Waals surface area (Å²) in [5.41, 5.74) is 1.16. The van der Waals surface area contributed by atoms with E-state index in [0.717, 1.165) is 5.56 Å². The molecule has 0 radical (unpaired) electrons. The summed E-state index contributed by atoms with van der Waals surface area (Å²) in [4.78, 5) is 12.8. The molecule has 0 saturated carbocycles. The van der Waals surface area contributed by atoms with Crippen molar-refractivity contribution in [3.8, 4) is 23.5 Å². The van der Waals surface area contributed by atoms with Gasteiger partial charge in [-0.15, -0.1) is 0 Å². The second-order valence-corrected chi connectivity index (χ2v) is 6.61. The van der Waals surface area contributed by atoms with Crippen molar-refractivity contribution in [2.45, 2.75) is 13.5 Å². The van der Waals surface area contributed by atoms with E-state index in [1.54, 1.807) is 36.0 Å². The average molecular weight is 398 g/mol. The maximum atomic E-state index is 12.8. The molecule has 2 aromatic heterocycles. The van der Waals surface area contributed by atoms with Crippen LogP contribution in [0.15, 0.2) is 41.1 Å². The number of halogens is 1. The molecule has 1 N–H and O–H groups in total. The van der Waals surface area contributed by atoms with Crippen molar-refractivity contribution in [1.82, 2.24) is 9.88 Å². The van der Waals surface area contributed by atoms with E-state index in [4.69, 9.17) is 25.5 Å². The first-order valence-corrected chi connectivity index (χ1v) is 8.99. The highest BCUT2D eigenvalue weighted by molar-refractivity contribution is 6.32. The zero-order valence-electron chi connectivity index (χ0n) is 15.0. The fourth-order valence-corrected chi connectivity index (χ4v) is 3.38. The van der Waals surface area contributed by atoms with Crippen LogP contribution in [0.5, 0.6) is 11.5 Å². The number of aryl methyl sites for hydroxylation is 1. The fourth-order valence-electron chi connectivity index (χ4n) is 3.10. The highest BCUT2D eigenvalue weighted by atomic mass is 35.5. The van der Waals surface area contributed by atoms with Gasteiger partial charge in [-0.2, -0.15) is 5.26 Å². The van der Waals surface area contributed by atoms with Crippen LogP contribution in [0.4, 0.5) is 0 Å². The van der Waals surface area contributed by atoms with Gasteiger partial charge in [-0.3, -0.25) is 9.36 Å². The highest BCUT2D eigenvalue weighted by Crippen LogP contribution is 2.38. The van der Waals surface area contributed by atoms with Gasteiger partial charge in [0.25, 0.3) is 5.91 Å². The van der Waals surface area contributed by atoms with Gasteiger partial charge < -0.3 is 19.2 Å². The Hall–Kier alpha value is -3.37. The van der Waals surface area contributed by atoms with Crippen LogP contribution in [0, 0.1) is 18.3 Å². The summed E-state index contributed by atoms with van der Waals surface area (Å²) in [5.74, 6) is 1.35. The normalized spacial score (nSPS) is 12.5. The van der Waals surface area contributed by atoms with Crippen molar-refractivity contribution in [1.29, 1.82) is 5.26 Å². The smallest absolute Gasteiger partial charge is 0.256 e. The number of furan rings is 1. The maximum absolute atomic E-state index is 12.8. The number of benzene rings is 1. The SMILES string of the molecule is Cc1oc(-n2cccc2)c(C#N)c1C(=O)NCc1cc(Cl)c2c(c1)OCCO2. The first-order valence-electron chi connectivity index (χ1n) is 8.61. The standard InChI is InChI=1S/C20H16ClN3O4/c1-12-17(14(10-22)20(28-12)24-4-2-3-5-24)19(25)23-11-13-8-15(21)18-16(9-13)26-6-7-27-18/h2-5,8-9H,6-7,11H2,1H3,(H,23,25). The van der Waals surface area contributed by atoms with E-state index in [0.29, 0.717) is 41.4 Å². The number of nitrogens with one attached hydrogen (secondary N) is 1. The molecule has 1 aliphatic heterocycles. The van der Waals surface area contributed by atoms with Crippen LogP contribution in [-0.4, -0.2) is 23.7 Å². The summed E-state index contributed by atoms with van der Waals surface area (Å²) in [6, 6.07) is 9.18. The lowest BCUT2D eigenvalue weighted by atomic mass is 10.1. The number of hydrogen-bond donors (Lipinski definition) is 1. The number of fused-ring (bicyclic) bond motifs is 1. The third-order valence-corrected chi connectivity index (χ3v) is 4.63. The molecule has 0 aliphatic carbocycles. The third-order valence-electron chi connectivity index (χ3n) is 4.35. The van der Waals surface area contributed by atoms with Crippen LogP contribution in [0.1, 0.15) is 27.2 Å². The minimum Gasteiger partial charge on any atom is -0.486 e. The van der Waals surface area contributed by atoms with Gasteiger partial charge >= 0.3 is 0 Å². The second kappa shape index (κ2) is 7.33. The monoisotopic (exact) mass is 397 g/mol. The van der Waals surface area contributed by atoms with E-state index in [9.17, 15) is 10.1 Å². The highest BCUT2D eigenvalue weighted by Gasteiger charge is 2.24.